The maximum Gasteiger partial charge on any atom is 0.234 e. The molecule has 2 saturated heterocycles. The van der Waals surface area contributed by atoms with Crippen molar-refractivity contribution in [2.75, 3.05) is 6.54 Å². The van der Waals surface area contributed by atoms with E-state index in [4.69, 9.17) is 0 Å². The maximum absolute atomic E-state index is 12.8. The molecule has 1 aromatic carbocycles. The Morgan fingerprint density at radius 1 is 1.08 bits per heavy atom. The van der Waals surface area contributed by atoms with Gasteiger partial charge in [0.1, 0.15) is 0 Å². The zero-order valence-electron chi connectivity index (χ0n) is 14.9. The topological polar surface area (TPSA) is 52.6 Å². The molecule has 4 nitrogen and oxygen atoms in total. The Hall–Kier alpha value is -1.39. The molecule has 0 unspecified atom stereocenters. The van der Waals surface area contributed by atoms with E-state index in [9.17, 15) is 9.90 Å². The Morgan fingerprint density at radius 2 is 1.72 bits per heavy atom. The van der Waals surface area contributed by atoms with Crippen LogP contribution in [0, 0.1) is 5.92 Å². The predicted molar refractivity (Wildman–Crippen MR) is 98.0 cm³/mol. The van der Waals surface area contributed by atoms with Crippen molar-refractivity contribution in [3.05, 3.63) is 35.9 Å². The molecular formula is C21H30N2O2. The van der Waals surface area contributed by atoms with Gasteiger partial charge in [-0.15, -0.1) is 0 Å². The second-order valence-electron chi connectivity index (χ2n) is 8.18. The van der Waals surface area contributed by atoms with Crippen LogP contribution in [0.15, 0.2) is 30.3 Å². The number of benzene rings is 1. The molecule has 2 N–H and O–H groups in total. The van der Waals surface area contributed by atoms with Gasteiger partial charge in [-0.1, -0.05) is 43.2 Å². The first-order valence-electron chi connectivity index (χ1n) is 9.99. The van der Waals surface area contributed by atoms with Gasteiger partial charge < -0.3 is 10.4 Å². The lowest BCUT2D eigenvalue weighted by Gasteiger charge is -2.37. The lowest BCUT2D eigenvalue weighted by Crippen LogP contribution is -2.49. The number of rotatable bonds is 5. The number of fused-ring (bicyclic) bond motifs is 2. The molecule has 2 heterocycles. The normalized spacial score (nSPS) is 31.2. The molecule has 0 aromatic heterocycles. The second kappa shape index (κ2) is 7.46. The molecule has 3 aliphatic rings. The number of carbonyl (C=O) groups excluding carboxylic acids is 1. The van der Waals surface area contributed by atoms with Gasteiger partial charge in [-0.25, -0.2) is 0 Å². The Kier molecular flexibility index (Phi) is 5.09. The van der Waals surface area contributed by atoms with Crippen molar-refractivity contribution in [3.63, 3.8) is 0 Å². The van der Waals surface area contributed by atoms with Crippen LogP contribution in [0.4, 0.5) is 0 Å². The number of aliphatic hydroxyl groups excluding tert-OH is 1. The third kappa shape index (κ3) is 3.75. The second-order valence-corrected chi connectivity index (χ2v) is 8.18. The van der Waals surface area contributed by atoms with Crippen molar-refractivity contribution >= 4 is 5.91 Å². The average Bonchev–Trinajstić information content (AvgIpc) is 3.21. The van der Waals surface area contributed by atoms with Gasteiger partial charge in [0, 0.05) is 12.1 Å². The molecule has 2 bridgehead atoms. The molecule has 1 saturated carbocycles. The van der Waals surface area contributed by atoms with Crippen LogP contribution in [-0.4, -0.2) is 40.6 Å². The lowest BCUT2D eigenvalue weighted by molar-refractivity contribution is -0.125. The van der Waals surface area contributed by atoms with E-state index >= 15 is 0 Å². The van der Waals surface area contributed by atoms with E-state index in [0.717, 1.165) is 25.7 Å². The minimum Gasteiger partial charge on any atom is -0.393 e. The number of hydrogen-bond acceptors (Lipinski definition) is 3. The fourth-order valence-corrected chi connectivity index (χ4v) is 5.31. The number of aliphatic hydroxyl groups is 1. The fraction of sp³-hybridized carbons (Fsp3) is 0.667. The van der Waals surface area contributed by atoms with E-state index in [2.05, 4.69) is 34.5 Å². The molecule has 1 amide bonds. The summed E-state index contributed by atoms with van der Waals surface area (Å²) in [4.78, 5) is 15.2. The molecule has 1 aliphatic carbocycles. The first kappa shape index (κ1) is 17.0. The average molecular weight is 342 g/mol. The summed E-state index contributed by atoms with van der Waals surface area (Å²) in [6, 6.07) is 11.4. The quantitative estimate of drug-likeness (QED) is 0.865. The summed E-state index contributed by atoms with van der Waals surface area (Å²) >= 11 is 0. The largest absolute Gasteiger partial charge is 0.393 e. The number of carbonyl (C=O) groups is 1. The van der Waals surface area contributed by atoms with Crippen molar-refractivity contribution in [1.29, 1.82) is 0 Å². The van der Waals surface area contributed by atoms with E-state index in [1.54, 1.807) is 0 Å². The van der Waals surface area contributed by atoms with Crippen LogP contribution >= 0.6 is 0 Å². The van der Waals surface area contributed by atoms with Crippen LogP contribution in [0.1, 0.15) is 63.0 Å². The van der Waals surface area contributed by atoms with E-state index in [1.165, 1.54) is 31.2 Å². The fourth-order valence-electron chi connectivity index (χ4n) is 5.31. The highest BCUT2D eigenvalue weighted by atomic mass is 16.3. The lowest BCUT2D eigenvalue weighted by atomic mass is 9.91. The summed E-state index contributed by atoms with van der Waals surface area (Å²) in [5.74, 6) is 0.709. The predicted octanol–water partition coefficient (Wildman–Crippen LogP) is 3.02. The standard InChI is InChI=1S/C21H30N2O2/c24-19-12-17-10-11-18(13-19)23(17)14-20(25)22-21(16-8-4-5-9-16)15-6-2-1-3-7-15/h1-3,6-7,16-19,21,24H,4-5,8-14H2,(H,22,25)/t17-,18-,21-/m0/s1. The van der Waals surface area contributed by atoms with Gasteiger partial charge in [-0.3, -0.25) is 9.69 Å². The molecule has 136 valence electrons. The van der Waals surface area contributed by atoms with E-state index in [0.29, 0.717) is 24.5 Å². The highest BCUT2D eigenvalue weighted by Crippen LogP contribution is 2.37. The number of nitrogens with zero attached hydrogens (tertiary/aromatic N) is 1. The zero-order valence-corrected chi connectivity index (χ0v) is 14.9. The Labute approximate surface area is 150 Å². The molecule has 0 radical (unpaired) electrons. The minimum atomic E-state index is -0.174. The monoisotopic (exact) mass is 342 g/mol. The first-order valence-corrected chi connectivity index (χ1v) is 9.99. The van der Waals surface area contributed by atoms with Crippen LogP contribution in [0.5, 0.6) is 0 Å². The SMILES string of the molecule is O=C(CN1[C@H]2CC[C@H]1CC(O)C2)N[C@@H](c1ccccc1)C1CCCC1. The molecule has 2 aliphatic heterocycles. The van der Waals surface area contributed by atoms with Gasteiger partial charge in [-0.05, 0) is 50.0 Å². The third-order valence-corrected chi connectivity index (χ3v) is 6.53. The van der Waals surface area contributed by atoms with Crippen LogP contribution < -0.4 is 5.32 Å². The van der Waals surface area contributed by atoms with Gasteiger partial charge >= 0.3 is 0 Å². The first-order chi connectivity index (χ1) is 12.2. The Balaban J connectivity index is 1.42. The molecule has 25 heavy (non-hydrogen) atoms. The summed E-state index contributed by atoms with van der Waals surface area (Å²) < 4.78 is 0. The van der Waals surface area contributed by atoms with Crippen molar-refractivity contribution in [2.45, 2.75) is 75.6 Å². The van der Waals surface area contributed by atoms with Gasteiger partial charge in [-0.2, -0.15) is 0 Å². The van der Waals surface area contributed by atoms with Crippen molar-refractivity contribution in [3.8, 4) is 0 Å². The molecule has 3 atom stereocenters. The number of hydrogen-bond donors (Lipinski definition) is 2. The molecule has 4 rings (SSSR count). The van der Waals surface area contributed by atoms with E-state index < -0.39 is 0 Å². The molecule has 3 fully saturated rings. The van der Waals surface area contributed by atoms with Crippen LogP contribution in [0.2, 0.25) is 0 Å². The van der Waals surface area contributed by atoms with E-state index in [1.807, 2.05) is 6.07 Å². The van der Waals surface area contributed by atoms with Crippen molar-refractivity contribution in [1.82, 2.24) is 10.2 Å². The van der Waals surface area contributed by atoms with Crippen LogP contribution in [0.3, 0.4) is 0 Å². The van der Waals surface area contributed by atoms with Gasteiger partial charge in [0.2, 0.25) is 5.91 Å². The van der Waals surface area contributed by atoms with Crippen LogP contribution in [0.25, 0.3) is 0 Å². The van der Waals surface area contributed by atoms with Crippen LogP contribution in [-0.2, 0) is 4.79 Å². The number of nitrogens with one attached hydrogen (secondary N) is 1. The summed E-state index contributed by atoms with van der Waals surface area (Å²) in [5.41, 5.74) is 1.24. The van der Waals surface area contributed by atoms with Gasteiger partial charge in [0.15, 0.2) is 0 Å². The minimum absolute atomic E-state index is 0.143. The molecule has 1 aromatic rings. The molecular weight excluding hydrogens is 312 g/mol. The maximum atomic E-state index is 12.8. The smallest absolute Gasteiger partial charge is 0.234 e. The summed E-state index contributed by atoms with van der Waals surface area (Å²) in [5, 5.41) is 13.3. The Bertz CT molecular complexity index is 571. The molecule has 0 spiro atoms. The summed E-state index contributed by atoms with van der Waals surface area (Å²) in [6.07, 6.45) is 8.70. The van der Waals surface area contributed by atoms with Crippen molar-refractivity contribution < 1.29 is 9.90 Å². The zero-order chi connectivity index (χ0) is 17.2. The highest BCUT2D eigenvalue weighted by molar-refractivity contribution is 5.78. The Morgan fingerprint density at radius 3 is 2.36 bits per heavy atom. The number of amides is 1. The summed E-state index contributed by atoms with van der Waals surface area (Å²) in [7, 11) is 0. The van der Waals surface area contributed by atoms with Gasteiger partial charge in [0.05, 0.1) is 18.7 Å². The number of piperidine rings is 1. The highest BCUT2D eigenvalue weighted by Gasteiger charge is 2.41. The van der Waals surface area contributed by atoms with E-state index in [-0.39, 0.29) is 18.1 Å². The summed E-state index contributed by atoms with van der Waals surface area (Å²) in [6.45, 7) is 0.484. The molecule has 4 heteroatoms. The van der Waals surface area contributed by atoms with Gasteiger partial charge in [0.25, 0.3) is 0 Å². The third-order valence-electron chi connectivity index (χ3n) is 6.53. The van der Waals surface area contributed by atoms with Crippen molar-refractivity contribution in [2.24, 2.45) is 5.92 Å².